The molecule has 5 heteroatoms. The van der Waals surface area contributed by atoms with Crippen LogP contribution in [0.5, 0.6) is 0 Å². The van der Waals surface area contributed by atoms with Crippen molar-refractivity contribution in [2.24, 2.45) is 0 Å². The molecular weight excluding hydrogens is 194 g/mol. The first-order valence-corrected chi connectivity index (χ1v) is 5.00. The Morgan fingerprint density at radius 1 is 1.67 bits per heavy atom. The third kappa shape index (κ3) is 2.06. The van der Waals surface area contributed by atoms with E-state index in [0.717, 1.165) is 17.7 Å². The number of nitrogens with zero attached hydrogens (tertiary/aromatic N) is 3. The van der Waals surface area contributed by atoms with Gasteiger partial charge in [-0.1, -0.05) is 0 Å². The molecule has 0 atom stereocenters. The molecule has 0 unspecified atom stereocenters. The lowest BCUT2D eigenvalue weighted by molar-refractivity contribution is 0.102. The average Bonchev–Trinajstić information content (AvgIpc) is 2.29. The first-order valence-electron chi connectivity index (χ1n) is 5.00. The van der Waals surface area contributed by atoms with Crippen molar-refractivity contribution in [3.63, 3.8) is 0 Å². The van der Waals surface area contributed by atoms with Gasteiger partial charge >= 0.3 is 6.09 Å². The summed E-state index contributed by atoms with van der Waals surface area (Å²) in [6, 6.07) is 0. The number of ether oxygens (including phenoxy) is 1. The van der Waals surface area contributed by atoms with Crippen molar-refractivity contribution < 1.29 is 9.53 Å². The third-order valence-electron chi connectivity index (χ3n) is 2.40. The van der Waals surface area contributed by atoms with Crippen LogP contribution in [-0.4, -0.2) is 34.1 Å². The molecular formula is C10H13N3O2. The lowest BCUT2D eigenvalue weighted by atomic mass is 10.1. The highest BCUT2D eigenvalue weighted by molar-refractivity contribution is 5.67. The largest absolute Gasteiger partial charge is 0.450 e. The molecule has 0 saturated heterocycles. The van der Waals surface area contributed by atoms with Gasteiger partial charge in [-0.25, -0.2) is 14.8 Å². The maximum Gasteiger partial charge on any atom is 0.410 e. The van der Waals surface area contributed by atoms with E-state index in [-0.39, 0.29) is 6.09 Å². The highest BCUT2D eigenvalue weighted by Crippen LogP contribution is 2.15. The second kappa shape index (κ2) is 4.25. The summed E-state index contributed by atoms with van der Waals surface area (Å²) in [5.41, 5.74) is 2.04. The average molecular weight is 207 g/mol. The number of carbonyl (C=O) groups excluding carboxylic acids is 1. The maximum atomic E-state index is 11.5. The molecule has 0 bridgehead atoms. The third-order valence-corrected chi connectivity index (χ3v) is 2.40. The van der Waals surface area contributed by atoms with Crippen molar-refractivity contribution in [3.05, 3.63) is 23.8 Å². The van der Waals surface area contributed by atoms with E-state index >= 15 is 0 Å². The van der Waals surface area contributed by atoms with E-state index in [1.165, 1.54) is 6.33 Å². The van der Waals surface area contributed by atoms with Crippen molar-refractivity contribution in [2.75, 3.05) is 13.2 Å². The predicted molar refractivity (Wildman–Crippen MR) is 53.2 cm³/mol. The van der Waals surface area contributed by atoms with E-state index < -0.39 is 0 Å². The second-order valence-electron chi connectivity index (χ2n) is 3.37. The summed E-state index contributed by atoms with van der Waals surface area (Å²) in [6.07, 6.45) is 3.86. The van der Waals surface area contributed by atoms with Gasteiger partial charge in [0, 0.05) is 12.7 Å². The topological polar surface area (TPSA) is 55.3 Å². The van der Waals surface area contributed by atoms with Gasteiger partial charge < -0.3 is 9.64 Å². The molecule has 0 aliphatic carbocycles. The zero-order chi connectivity index (χ0) is 10.7. The molecule has 2 rings (SSSR count). The first-order chi connectivity index (χ1) is 7.31. The number of fused-ring (bicyclic) bond motifs is 1. The standard InChI is InChI=1S/C10H13N3O2/c1-2-15-10(14)13-4-3-8-5-11-7-12-9(8)6-13/h5,7H,2-4,6H2,1H3. The fraction of sp³-hybridized carbons (Fsp3) is 0.500. The highest BCUT2D eigenvalue weighted by atomic mass is 16.6. The van der Waals surface area contributed by atoms with Crippen LogP contribution in [0.2, 0.25) is 0 Å². The predicted octanol–water partition coefficient (Wildman–Crippen LogP) is 0.991. The lowest BCUT2D eigenvalue weighted by Crippen LogP contribution is -2.36. The fourth-order valence-corrected chi connectivity index (χ4v) is 1.62. The number of amides is 1. The van der Waals surface area contributed by atoms with Gasteiger partial charge in [-0.3, -0.25) is 0 Å². The number of rotatable bonds is 1. The number of hydrogen-bond acceptors (Lipinski definition) is 4. The van der Waals surface area contributed by atoms with Crippen LogP contribution in [-0.2, 0) is 17.7 Å². The molecule has 2 heterocycles. The normalized spacial score (nSPS) is 14.6. The van der Waals surface area contributed by atoms with E-state index in [2.05, 4.69) is 9.97 Å². The van der Waals surface area contributed by atoms with Gasteiger partial charge in [0.1, 0.15) is 6.33 Å². The van der Waals surface area contributed by atoms with E-state index in [1.807, 2.05) is 6.20 Å². The molecule has 0 saturated carbocycles. The Hall–Kier alpha value is -1.65. The molecule has 1 amide bonds. The van der Waals surface area contributed by atoms with Crippen LogP contribution in [0.4, 0.5) is 4.79 Å². The molecule has 80 valence electrons. The van der Waals surface area contributed by atoms with Gasteiger partial charge in [-0.05, 0) is 18.9 Å². The Morgan fingerprint density at radius 2 is 2.53 bits per heavy atom. The monoisotopic (exact) mass is 207 g/mol. The summed E-state index contributed by atoms with van der Waals surface area (Å²) >= 11 is 0. The highest BCUT2D eigenvalue weighted by Gasteiger charge is 2.22. The smallest absolute Gasteiger partial charge is 0.410 e. The molecule has 0 fully saturated rings. The minimum absolute atomic E-state index is 0.262. The Morgan fingerprint density at radius 3 is 3.33 bits per heavy atom. The Kier molecular flexibility index (Phi) is 2.80. The minimum Gasteiger partial charge on any atom is -0.450 e. The maximum absolute atomic E-state index is 11.5. The minimum atomic E-state index is -0.262. The molecule has 0 aromatic carbocycles. The van der Waals surface area contributed by atoms with Crippen LogP contribution >= 0.6 is 0 Å². The quantitative estimate of drug-likeness (QED) is 0.689. The molecule has 0 radical (unpaired) electrons. The Bertz CT molecular complexity index is 367. The molecule has 15 heavy (non-hydrogen) atoms. The van der Waals surface area contributed by atoms with Gasteiger partial charge in [-0.15, -0.1) is 0 Å². The van der Waals surface area contributed by atoms with E-state index in [1.54, 1.807) is 11.8 Å². The van der Waals surface area contributed by atoms with Crippen molar-refractivity contribution in [2.45, 2.75) is 19.9 Å². The lowest BCUT2D eigenvalue weighted by Gasteiger charge is -2.26. The van der Waals surface area contributed by atoms with Gasteiger partial charge in [0.2, 0.25) is 0 Å². The zero-order valence-corrected chi connectivity index (χ0v) is 8.64. The fourth-order valence-electron chi connectivity index (χ4n) is 1.62. The van der Waals surface area contributed by atoms with Gasteiger partial charge in [0.25, 0.3) is 0 Å². The van der Waals surface area contributed by atoms with Crippen LogP contribution in [0.3, 0.4) is 0 Å². The molecule has 1 aromatic rings. The van der Waals surface area contributed by atoms with Gasteiger partial charge in [-0.2, -0.15) is 0 Å². The number of hydrogen-bond donors (Lipinski definition) is 0. The molecule has 1 aliphatic rings. The van der Waals surface area contributed by atoms with Crippen molar-refractivity contribution >= 4 is 6.09 Å². The molecule has 0 N–H and O–H groups in total. The van der Waals surface area contributed by atoms with Gasteiger partial charge in [0.15, 0.2) is 0 Å². The summed E-state index contributed by atoms with van der Waals surface area (Å²) in [5, 5.41) is 0. The second-order valence-corrected chi connectivity index (χ2v) is 3.37. The van der Waals surface area contributed by atoms with Crippen LogP contribution in [0.15, 0.2) is 12.5 Å². The first kappa shape index (κ1) is 9.89. The molecule has 1 aliphatic heterocycles. The summed E-state index contributed by atoms with van der Waals surface area (Å²) in [4.78, 5) is 21.2. The van der Waals surface area contributed by atoms with Crippen LogP contribution in [0, 0.1) is 0 Å². The molecule has 1 aromatic heterocycles. The Labute approximate surface area is 88.1 Å². The zero-order valence-electron chi connectivity index (χ0n) is 8.64. The van der Waals surface area contributed by atoms with Gasteiger partial charge in [0.05, 0.1) is 18.8 Å². The van der Waals surface area contributed by atoms with E-state index in [0.29, 0.717) is 19.7 Å². The van der Waals surface area contributed by atoms with Crippen LogP contribution in [0.25, 0.3) is 0 Å². The van der Waals surface area contributed by atoms with Crippen LogP contribution in [0.1, 0.15) is 18.2 Å². The number of aromatic nitrogens is 2. The molecule has 0 spiro atoms. The summed E-state index contributed by atoms with van der Waals surface area (Å²) in [7, 11) is 0. The summed E-state index contributed by atoms with van der Waals surface area (Å²) in [5.74, 6) is 0. The van der Waals surface area contributed by atoms with E-state index in [4.69, 9.17) is 4.74 Å². The Balaban J connectivity index is 2.08. The molecule has 5 nitrogen and oxygen atoms in total. The van der Waals surface area contributed by atoms with E-state index in [9.17, 15) is 4.79 Å². The summed E-state index contributed by atoms with van der Waals surface area (Å²) in [6.45, 7) is 3.42. The van der Waals surface area contributed by atoms with Crippen molar-refractivity contribution in [1.29, 1.82) is 0 Å². The summed E-state index contributed by atoms with van der Waals surface area (Å²) < 4.78 is 4.94. The van der Waals surface area contributed by atoms with Crippen molar-refractivity contribution in [3.8, 4) is 0 Å². The van der Waals surface area contributed by atoms with Crippen molar-refractivity contribution in [1.82, 2.24) is 14.9 Å². The number of carbonyl (C=O) groups is 1. The van der Waals surface area contributed by atoms with Crippen LogP contribution < -0.4 is 0 Å². The SMILES string of the molecule is CCOC(=O)N1CCc2cncnc2C1.